The molecule has 144 valence electrons. The Morgan fingerprint density at radius 3 is 2.77 bits per heavy atom. The number of thioether (sulfide) groups is 1. The monoisotopic (exact) mass is 383 g/mol. The summed E-state index contributed by atoms with van der Waals surface area (Å²) in [5.41, 5.74) is 0. The van der Waals surface area contributed by atoms with E-state index in [4.69, 9.17) is 0 Å². The highest BCUT2D eigenvalue weighted by Crippen LogP contribution is 2.21. The first-order chi connectivity index (χ1) is 12.5. The number of amides is 3. The van der Waals surface area contributed by atoms with E-state index in [1.54, 1.807) is 13.8 Å². The Labute approximate surface area is 156 Å². The Kier molecular flexibility index (Phi) is 7.89. The van der Waals surface area contributed by atoms with Crippen molar-refractivity contribution in [2.45, 2.75) is 51.2 Å². The predicted octanol–water partition coefficient (Wildman–Crippen LogP) is 1.22. The summed E-state index contributed by atoms with van der Waals surface area (Å²) in [6, 6.07) is 0. The van der Waals surface area contributed by atoms with Gasteiger partial charge >= 0.3 is 6.09 Å². The lowest BCUT2D eigenvalue weighted by Gasteiger charge is -2.19. The van der Waals surface area contributed by atoms with Crippen molar-refractivity contribution in [3.8, 4) is 0 Å². The van der Waals surface area contributed by atoms with E-state index in [2.05, 4.69) is 24.8 Å². The molecule has 0 aliphatic carbocycles. The molecule has 0 saturated heterocycles. The Balaban J connectivity index is 1.86. The zero-order valence-corrected chi connectivity index (χ0v) is 16.0. The average molecular weight is 383 g/mol. The number of imide groups is 1. The van der Waals surface area contributed by atoms with Crippen molar-refractivity contribution < 1.29 is 19.1 Å². The summed E-state index contributed by atoms with van der Waals surface area (Å²) in [6.45, 7) is 4.66. The smallest absolute Gasteiger partial charge is 0.413 e. The quantitative estimate of drug-likeness (QED) is 0.706. The van der Waals surface area contributed by atoms with Crippen LogP contribution in [0, 0.1) is 0 Å². The van der Waals surface area contributed by atoms with E-state index in [0.717, 1.165) is 36.8 Å². The number of carbonyl (C=O) groups excluding carboxylic acids is 3. The SMILES string of the molecule is CCOC(=O)NC(=O)CN(CC)C(=O)CSc1nnc2n1CCCCC2. The maximum Gasteiger partial charge on any atom is 0.413 e. The minimum absolute atomic E-state index is 0.165. The summed E-state index contributed by atoms with van der Waals surface area (Å²) in [5.74, 6) is 0.375. The van der Waals surface area contributed by atoms with E-state index in [-0.39, 0.29) is 24.8 Å². The van der Waals surface area contributed by atoms with Gasteiger partial charge in [0.2, 0.25) is 11.8 Å². The van der Waals surface area contributed by atoms with Crippen molar-refractivity contribution in [2.24, 2.45) is 0 Å². The summed E-state index contributed by atoms with van der Waals surface area (Å²) >= 11 is 1.33. The molecule has 0 aromatic carbocycles. The lowest BCUT2D eigenvalue weighted by molar-refractivity contribution is -0.133. The van der Waals surface area contributed by atoms with Gasteiger partial charge in [-0.1, -0.05) is 18.2 Å². The Morgan fingerprint density at radius 1 is 1.23 bits per heavy atom. The van der Waals surface area contributed by atoms with Gasteiger partial charge in [-0.15, -0.1) is 10.2 Å². The Bertz CT molecular complexity index is 649. The number of hydrogen-bond donors (Lipinski definition) is 1. The molecule has 26 heavy (non-hydrogen) atoms. The molecule has 0 bridgehead atoms. The maximum absolute atomic E-state index is 12.4. The molecule has 0 saturated carbocycles. The molecule has 1 aliphatic rings. The van der Waals surface area contributed by atoms with E-state index in [1.807, 2.05) is 0 Å². The first-order valence-electron chi connectivity index (χ1n) is 8.84. The molecule has 2 rings (SSSR count). The molecule has 0 atom stereocenters. The number of aryl methyl sites for hydroxylation is 1. The third-order valence-electron chi connectivity index (χ3n) is 3.99. The van der Waals surface area contributed by atoms with E-state index in [1.165, 1.54) is 23.1 Å². The summed E-state index contributed by atoms with van der Waals surface area (Å²) in [6.07, 6.45) is 3.48. The number of hydrogen-bond acceptors (Lipinski definition) is 7. The minimum Gasteiger partial charge on any atom is -0.450 e. The number of nitrogens with one attached hydrogen (secondary N) is 1. The number of alkyl carbamates (subject to hydrolysis) is 1. The zero-order chi connectivity index (χ0) is 18.9. The van der Waals surface area contributed by atoms with E-state index >= 15 is 0 Å². The number of nitrogens with zero attached hydrogens (tertiary/aromatic N) is 4. The highest BCUT2D eigenvalue weighted by molar-refractivity contribution is 7.99. The van der Waals surface area contributed by atoms with Crippen LogP contribution in [0.15, 0.2) is 5.16 Å². The van der Waals surface area contributed by atoms with Gasteiger partial charge in [-0.2, -0.15) is 0 Å². The van der Waals surface area contributed by atoms with Gasteiger partial charge < -0.3 is 14.2 Å². The molecule has 1 aromatic rings. The van der Waals surface area contributed by atoms with Crippen LogP contribution in [-0.4, -0.2) is 63.0 Å². The number of fused-ring (bicyclic) bond motifs is 1. The van der Waals surface area contributed by atoms with Crippen LogP contribution in [0.1, 0.15) is 38.9 Å². The molecule has 1 aromatic heterocycles. The third kappa shape index (κ3) is 5.72. The average Bonchev–Trinajstić information content (AvgIpc) is 2.84. The van der Waals surface area contributed by atoms with E-state index in [0.29, 0.717) is 6.54 Å². The van der Waals surface area contributed by atoms with Crippen LogP contribution >= 0.6 is 11.8 Å². The number of aromatic nitrogens is 3. The predicted molar refractivity (Wildman–Crippen MR) is 95.7 cm³/mol. The van der Waals surface area contributed by atoms with Crippen LogP contribution < -0.4 is 5.32 Å². The molecule has 0 fully saturated rings. The second kappa shape index (κ2) is 10.1. The first kappa shape index (κ1) is 20.2. The van der Waals surface area contributed by atoms with Crippen LogP contribution in [0.2, 0.25) is 0 Å². The summed E-state index contributed by atoms with van der Waals surface area (Å²) < 4.78 is 6.73. The van der Waals surface area contributed by atoms with Crippen LogP contribution in [0.25, 0.3) is 0 Å². The molecule has 0 radical (unpaired) electrons. The normalized spacial score (nSPS) is 13.5. The molecule has 3 amide bonds. The van der Waals surface area contributed by atoms with Crippen LogP contribution in [0.3, 0.4) is 0 Å². The highest BCUT2D eigenvalue weighted by Gasteiger charge is 2.20. The van der Waals surface area contributed by atoms with Gasteiger partial charge in [0.25, 0.3) is 0 Å². The number of carbonyl (C=O) groups is 3. The summed E-state index contributed by atoms with van der Waals surface area (Å²) in [5, 5.41) is 11.2. The molecular weight excluding hydrogens is 358 g/mol. The van der Waals surface area contributed by atoms with Crippen molar-refractivity contribution in [3.05, 3.63) is 5.82 Å². The van der Waals surface area contributed by atoms with Crippen molar-refractivity contribution in [1.82, 2.24) is 25.0 Å². The van der Waals surface area contributed by atoms with E-state index < -0.39 is 12.0 Å². The molecule has 10 heteroatoms. The number of rotatable bonds is 7. The maximum atomic E-state index is 12.4. The second-order valence-corrected chi connectivity index (χ2v) is 6.77. The number of ether oxygens (including phenoxy) is 1. The van der Waals surface area contributed by atoms with Crippen molar-refractivity contribution in [3.63, 3.8) is 0 Å². The van der Waals surface area contributed by atoms with E-state index in [9.17, 15) is 14.4 Å². The fourth-order valence-electron chi connectivity index (χ4n) is 2.65. The zero-order valence-electron chi connectivity index (χ0n) is 15.2. The van der Waals surface area contributed by atoms with Crippen molar-refractivity contribution in [1.29, 1.82) is 0 Å². The van der Waals surface area contributed by atoms with Gasteiger partial charge in [0.1, 0.15) is 12.4 Å². The number of likely N-dealkylation sites (N-methyl/N-ethyl adjacent to an activating group) is 1. The lowest BCUT2D eigenvalue weighted by Crippen LogP contribution is -2.43. The van der Waals surface area contributed by atoms with Crippen LogP contribution in [0.4, 0.5) is 4.79 Å². The van der Waals surface area contributed by atoms with Crippen molar-refractivity contribution >= 4 is 29.7 Å². The molecule has 9 nitrogen and oxygen atoms in total. The largest absolute Gasteiger partial charge is 0.450 e. The van der Waals surface area contributed by atoms with Gasteiger partial charge in [0.15, 0.2) is 5.16 Å². The van der Waals surface area contributed by atoms with Gasteiger partial charge in [0.05, 0.1) is 12.4 Å². The van der Waals surface area contributed by atoms with Crippen LogP contribution in [-0.2, 0) is 27.3 Å². The molecule has 1 N–H and O–H groups in total. The molecule has 2 heterocycles. The van der Waals surface area contributed by atoms with Gasteiger partial charge in [-0.25, -0.2) is 4.79 Å². The molecular formula is C16H25N5O4S. The first-order valence-corrected chi connectivity index (χ1v) is 9.83. The van der Waals surface area contributed by atoms with Crippen LogP contribution in [0.5, 0.6) is 0 Å². The summed E-state index contributed by atoms with van der Waals surface area (Å²) in [4.78, 5) is 36.9. The molecule has 0 spiro atoms. The fourth-order valence-corrected chi connectivity index (χ4v) is 3.54. The van der Waals surface area contributed by atoms with Gasteiger partial charge in [-0.3, -0.25) is 14.9 Å². The minimum atomic E-state index is -0.804. The Morgan fingerprint density at radius 2 is 2.04 bits per heavy atom. The third-order valence-corrected chi connectivity index (χ3v) is 4.94. The second-order valence-electron chi connectivity index (χ2n) is 5.83. The topological polar surface area (TPSA) is 106 Å². The fraction of sp³-hybridized carbons (Fsp3) is 0.688. The summed E-state index contributed by atoms with van der Waals surface area (Å²) in [7, 11) is 0. The standard InChI is InChI=1S/C16H25N5O4S/c1-3-20(10-13(22)17-16(24)25-4-2)14(23)11-26-15-19-18-12-8-6-5-7-9-21(12)15/h3-11H2,1-2H3,(H,17,22,24). The Hall–Kier alpha value is -2.10. The molecule has 1 aliphatic heterocycles. The van der Waals surface area contributed by atoms with Gasteiger partial charge in [0, 0.05) is 19.5 Å². The van der Waals surface area contributed by atoms with Gasteiger partial charge in [-0.05, 0) is 26.7 Å². The highest BCUT2D eigenvalue weighted by atomic mass is 32.2. The lowest BCUT2D eigenvalue weighted by atomic mass is 10.2. The van der Waals surface area contributed by atoms with Crippen molar-refractivity contribution in [2.75, 3.05) is 25.4 Å². The molecule has 0 unspecified atom stereocenters.